The number of esters is 1. The van der Waals surface area contributed by atoms with Gasteiger partial charge in [-0.1, -0.05) is 12.1 Å². The Labute approximate surface area is 122 Å². The van der Waals surface area contributed by atoms with Gasteiger partial charge in [-0.25, -0.2) is 0 Å². The van der Waals surface area contributed by atoms with E-state index in [1.54, 1.807) is 25.1 Å². The highest BCUT2D eigenvalue weighted by atomic mass is 16.5. The van der Waals surface area contributed by atoms with Crippen LogP contribution in [0.15, 0.2) is 24.3 Å². The molecule has 1 aromatic carbocycles. The van der Waals surface area contributed by atoms with Gasteiger partial charge in [0.15, 0.2) is 0 Å². The van der Waals surface area contributed by atoms with Gasteiger partial charge in [-0.15, -0.1) is 0 Å². The van der Waals surface area contributed by atoms with E-state index in [-0.39, 0.29) is 18.5 Å². The first-order chi connectivity index (χ1) is 10.2. The SMILES string of the molecule is CCOC(=O)[C@@H]1CNC[C@@]12COc1ccccc1C(=O)N2. The molecule has 0 bridgehead atoms. The molecule has 6 nitrogen and oxygen atoms in total. The van der Waals surface area contributed by atoms with Gasteiger partial charge in [0.1, 0.15) is 17.9 Å². The number of benzene rings is 1. The molecular weight excluding hydrogens is 272 g/mol. The lowest BCUT2D eigenvalue weighted by Gasteiger charge is -2.31. The number of fused-ring (bicyclic) bond motifs is 1. The first-order valence-electron chi connectivity index (χ1n) is 7.08. The second-order valence-corrected chi connectivity index (χ2v) is 5.33. The first kappa shape index (κ1) is 13.9. The third kappa shape index (κ3) is 2.35. The Bertz CT molecular complexity index is 575. The van der Waals surface area contributed by atoms with Crippen LogP contribution in [0.5, 0.6) is 5.75 Å². The summed E-state index contributed by atoms with van der Waals surface area (Å²) in [6, 6.07) is 7.08. The molecule has 0 unspecified atom stereocenters. The summed E-state index contributed by atoms with van der Waals surface area (Å²) in [4.78, 5) is 24.6. The van der Waals surface area contributed by atoms with E-state index in [1.807, 2.05) is 6.07 Å². The number of para-hydroxylation sites is 1. The van der Waals surface area contributed by atoms with Crippen LogP contribution >= 0.6 is 0 Å². The van der Waals surface area contributed by atoms with Crippen molar-refractivity contribution in [3.63, 3.8) is 0 Å². The first-order valence-corrected chi connectivity index (χ1v) is 7.08. The van der Waals surface area contributed by atoms with Gasteiger partial charge < -0.3 is 20.1 Å². The summed E-state index contributed by atoms with van der Waals surface area (Å²) in [5, 5.41) is 6.12. The minimum Gasteiger partial charge on any atom is -0.490 e. The van der Waals surface area contributed by atoms with Gasteiger partial charge in [-0.2, -0.15) is 0 Å². The summed E-state index contributed by atoms with van der Waals surface area (Å²) in [5.74, 6) is -0.435. The predicted octanol–water partition coefficient (Wildman–Crippen LogP) is 0.330. The maximum atomic E-state index is 12.4. The third-order valence-electron chi connectivity index (χ3n) is 4.01. The van der Waals surface area contributed by atoms with Crippen LogP contribution in [0.3, 0.4) is 0 Å². The largest absolute Gasteiger partial charge is 0.490 e. The van der Waals surface area contributed by atoms with E-state index < -0.39 is 11.5 Å². The van der Waals surface area contributed by atoms with Crippen LogP contribution in [-0.2, 0) is 9.53 Å². The van der Waals surface area contributed by atoms with Crippen molar-refractivity contribution in [1.29, 1.82) is 0 Å². The lowest BCUT2D eigenvalue weighted by atomic mass is 9.87. The van der Waals surface area contributed by atoms with Crippen LogP contribution in [0, 0.1) is 5.92 Å². The number of hydrogen-bond donors (Lipinski definition) is 2. The van der Waals surface area contributed by atoms with Crippen LogP contribution in [0.25, 0.3) is 0 Å². The number of carbonyl (C=O) groups is 2. The molecule has 2 heterocycles. The molecule has 0 radical (unpaired) electrons. The summed E-state index contributed by atoms with van der Waals surface area (Å²) in [5.41, 5.74) is -0.272. The smallest absolute Gasteiger partial charge is 0.312 e. The van der Waals surface area contributed by atoms with Crippen molar-refractivity contribution in [3.05, 3.63) is 29.8 Å². The van der Waals surface area contributed by atoms with Crippen molar-refractivity contribution in [3.8, 4) is 5.75 Å². The van der Waals surface area contributed by atoms with E-state index in [0.717, 1.165) is 0 Å². The standard InChI is InChI=1S/C15H18N2O4/c1-2-20-14(19)11-7-16-8-15(11)9-21-12-6-4-3-5-10(12)13(18)17-15/h3-6,11,16H,2,7-9H2,1H3,(H,17,18)/t11-,15+/m0/s1. The van der Waals surface area contributed by atoms with Gasteiger partial charge in [-0.3, -0.25) is 9.59 Å². The number of ether oxygens (including phenoxy) is 2. The average molecular weight is 290 g/mol. The highest BCUT2D eigenvalue weighted by Crippen LogP contribution is 2.30. The van der Waals surface area contributed by atoms with Gasteiger partial charge in [0, 0.05) is 13.1 Å². The van der Waals surface area contributed by atoms with Crippen molar-refractivity contribution in [2.45, 2.75) is 12.5 Å². The fourth-order valence-electron chi connectivity index (χ4n) is 2.91. The quantitative estimate of drug-likeness (QED) is 0.768. The zero-order chi connectivity index (χ0) is 14.9. The predicted molar refractivity (Wildman–Crippen MR) is 75.1 cm³/mol. The normalized spacial score (nSPS) is 27.5. The van der Waals surface area contributed by atoms with Crippen LogP contribution < -0.4 is 15.4 Å². The Balaban J connectivity index is 1.90. The Kier molecular flexibility index (Phi) is 3.55. The van der Waals surface area contributed by atoms with Gasteiger partial charge in [0.05, 0.1) is 18.1 Å². The molecule has 1 amide bonds. The molecule has 2 aliphatic rings. The highest BCUT2D eigenvalue weighted by Gasteiger charge is 2.51. The van der Waals surface area contributed by atoms with Gasteiger partial charge >= 0.3 is 5.97 Å². The molecule has 112 valence electrons. The number of carbonyl (C=O) groups excluding carboxylic acids is 2. The molecule has 1 aromatic rings. The van der Waals surface area contributed by atoms with Gasteiger partial charge in [-0.05, 0) is 19.1 Å². The molecule has 2 atom stereocenters. The molecular formula is C15H18N2O4. The van der Waals surface area contributed by atoms with Crippen LogP contribution in [0.2, 0.25) is 0 Å². The van der Waals surface area contributed by atoms with Crippen LogP contribution in [-0.4, -0.2) is 43.7 Å². The summed E-state index contributed by atoms with van der Waals surface area (Å²) >= 11 is 0. The molecule has 6 heteroatoms. The van der Waals surface area contributed by atoms with Gasteiger partial charge in [0.25, 0.3) is 5.91 Å². The van der Waals surface area contributed by atoms with Crippen molar-refractivity contribution in [1.82, 2.24) is 10.6 Å². The molecule has 21 heavy (non-hydrogen) atoms. The van der Waals surface area contributed by atoms with Crippen LogP contribution in [0.4, 0.5) is 0 Å². The Hall–Kier alpha value is -2.08. The van der Waals surface area contributed by atoms with Gasteiger partial charge in [0.2, 0.25) is 0 Å². The highest BCUT2D eigenvalue weighted by molar-refractivity contribution is 5.98. The zero-order valence-corrected chi connectivity index (χ0v) is 11.8. The maximum Gasteiger partial charge on any atom is 0.312 e. The number of rotatable bonds is 2. The lowest BCUT2D eigenvalue weighted by molar-refractivity contribution is -0.149. The van der Waals surface area contributed by atoms with Crippen molar-refractivity contribution >= 4 is 11.9 Å². The monoisotopic (exact) mass is 290 g/mol. The molecule has 2 N–H and O–H groups in total. The summed E-state index contributed by atoms with van der Waals surface area (Å²) in [6.07, 6.45) is 0. The van der Waals surface area contributed by atoms with E-state index in [2.05, 4.69) is 10.6 Å². The molecule has 1 spiro atoms. The molecule has 1 fully saturated rings. The topological polar surface area (TPSA) is 76.7 Å². The minimum atomic E-state index is -0.762. The summed E-state index contributed by atoms with van der Waals surface area (Å²) < 4.78 is 10.9. The lowest BCUT2D eigenvalue weighted by Crippen LogP contribution is -2.59. The van der Waals surface area contributed by atoms with E-state index in [9.17, 15) is 9.59 Å². The Morgan fingerprint density at radius 1 is 1.48 bits per heavy atom. The summed E-state index contributed by atoms with van der Waals surface area (Å²) in [7, 11) is 0. The van der Waals surface area contributed by atoms with Crippen molar-refractivity contribution in [2.75, 3.05) is 26.3 Å². The average Bonchev–Trinajstić information content (AvgIpc) is 2.83. The van der Waals surface area contributed by atoms with E-state index in [0.29, 0.717) is 31.0 Å². The van der Waals surface area contributed by atoms with Crippen molar-refractivity contribution < 1.29 is 19.1 Å². The molecule has 1 saturated heterocycles. The minimum absolute atomic E-state index is 0.221. The molecule has 0 aromatic heterocycles. The molecule has 3 rings (SSSR count). The molecule has 0 saturated carbocycles. The number of nitrogens with one attached hydrogen (secondary N) is 2. The van der Waals surface area contributed by atoms with Crippen molar-refractivity contribution in [2.24, 2.45) is 5.92 Å². The zero-order valence-electron chi connectivity index (χ0n) is 11.8. The number of hydrogen-bond acceptors (Lipinski definition) is 5. The Morgan fingerprint density at radius 2 is 2.29 bits per heavy atom. The van der Waals surface area contributed by atoms with Crippen LogP contribution in [0.1, 0.15) is 17.3 Å². The fraction of sp³-hybridized carbons (Fsp3) is 0.467. The third-order valence-corrected chi connectivity index (χ3v) is 4.01. The number of amides is 1. The second kappa shape index (κ2) is 5.37. The second-order valence-electron chi connectivity index (χ2n) is 5.33. The molecule has 2 aliphatic heterocycles. The maximum absolute atomic E-state index is 12.4. The fourth-order valence-corrected chi connectivity index (χ4v) is 2.91. The van der Waals surface area contributed by atoms with E-state index in [1.165, 1.54) is 0 Å². The molecule has 0 aliphatic carbocycles. The van der Waals surface area contributed by atoms with E-state index >= 15 is 0 Å². The summed E-state index contributed by atoms with van der Waals surface area (Å²) in [6.45, 7) is 3.28. The Morgan fingerprint density at radius 3 is 3.10 bits per heavy atom. The van der Waals surface area contributed by atoms with E-state index in [4.69, 9.17) is 9.47 Å².